The molecule has 3 aliphatic carbocycles. The van der Waals surface area contributed by atoms with Crippen molar-refractivity contribution in [3.63, 3.8) is 0 Å². The summed E-state index contributed by atoms with van der Waals surface area (Å²) in [7, 11) is -2.07. The number of ketones is 1. The van der Waals surface area contributed by atoms with Crippen molar-refractivity contribution in [3.05, 3.63) is 11.1 Å². The van der Waals surface area contributed by atoms with Crippen molar-refractivity contribution >= 4 is 32.0 Å². The molecule has 0 aromatic rings. The molecule has 8 atom stereocenters. The van der Waals surface area contributed by atoms with Crippen molar-refractivity contribution in [2.75, 3.05) is 6.61 Å². The predicted octanol–water partition coefficient (Wildman–Crippen LogP) is 5.30. The van der Waals surface area contributed by atoms with E-state index in [1.165, 1.54) is 20.8 Å². The fourth-order valence-electron chi connectivity index (χ4n) is 8.78. The summed E-state index contributed by atoms with van der Waals surface area (Å²) in [6.45, 7) is 18.8. The van der Waals surface area contributed by atoms with Crippen molar-refractivity contribution in [3.8, 4) is 0 Å². The van der Waals surface area contributed by atoms with Crippen LogP contribution in [0.2, 0.25) is 18.1 Å². The lowest BCUT2D eigenvalue weighted by Crippen LogP contribution is -2.68. The van der Waals surface area contributed by atoms with Gasteiger partial charge in [0.15, 0.2) is 20.2 Å². The molecule has 9 nitrogen and oxygen atoms in total. The Kier molecular flexibility index (Phi) is 8.97. The smallest absolute Gasteiger partial charge is 0.303 e. The Bertz CT molecular complexity index is 1140. The number of hydrogen-bond acceptors (Lipinski definition) is 9. The molecule has 4 rings (SSSR count). The van der Waals surface area contributed by atoms with Crippen LogP contribution in [0.4, 0.5) is 0 Å². The molecule has 0 amide bonds. The van der Waals surface area contributed by atoms with E-state index in [2.05, 4.69) is 20.8 Å². The molecule has 0 aromatic carbocycles. The van der Waals surface area contributed by atoms with Crippen molar-refractivity contribution in [2.24, 2.45) is 22.7 Å². The first-order chi connectivity index (χ1) is 19.5. The lowest BCUT2D eigenvalue weighted by molar-refractivity contribution is -0.222. The first kappa shape index (κ1) is 32.9. The van der Waals surface area contributed by atoms with E-state index in [-0.39, 0.29) is 18.3 Å². The van der Waals surface area contributed by atoms with Crippen molar-refractivity contribution in [1.82, 2.24) is 0 Å². The van der Waals surface area contributed by atoms with Gasteiger partial charge in [0.1, 0.15) is 17.8 Å². The predicted molar refractivity (Wildman–Crippen MR) is 158 cm³/mol. The van der Waals surface area contributed by atoms with Gasteiger partial charge in [0.05, 0.1) is 12.7 Å². The van der Waals surface area contributed by atoms with Crippen LogP contribution in [0.15, 0.2) is 11.1 Å². The number of ether oxygens (including phenoxy) is 4. The molecule has 4 aliphatic rings. The van der Waals surface area contributed by atoms with Crippen LogP contribution in [0.3, 0.4) is 0 Å². The van der Waals surface area contributed by atoms with Gasteiger partial charge in [-0.1, -0.05) is 41.5 Å². The van der Waals surface area contributed by atoms with E-state index in [0.717, 1.165) is 18.1 Å². The van der Waals surface area contributed by atoms with Gasteiger partial charge in [-0.15, -0.1) is 0 Å². The molecule has 1 spiro atoms. The molecule has 0 radical (unpaired) electrons. The zero-order valence-corrected chi connectivity index (χ0v) is 28.1. The van der Waals surface area contributed by atoms with Crippen LogP contribution in [0, 0.1) is 22.7 Å². The van der Waals surface area contributed by atoms with Crippen LogP contribution >= 0.6 is 0 Å². The Hall–Kier alpha value is -2.04. The first-order valence-corrected chi connectivity index (χ1v) is 18.1. The third-order valence-electron chi connectivity index (χ3n) is 11.2. The standard InChI is InChI=1S/C32H50O9Si/c1-11-42(12-2,13-3)41-24-14-15-31(10)28(32(24)17-37-32)26(38-19(5)33)22-16-23(36)18(4)25(30(22,8)9)27(39-20(6)34)29(31)40-21(7)35/h22,24,26-29H,11-17H2,1-10H3/t22-,24-,26+,27+,28-,29-,31+,32-/m0/s1. The van der Waals surface area contributed by atoms with E-state index in [9.17, 15) is 19.2 Å². The van der Waals surface area contributed by atoms with Gasteiger partial charge >= 0.3 is 17.9 Å². The second-order valence-corrected chi connectivity index (χ2v) is 18.5. The maximum absolute atomic E-state index is 13.6. The van der Waals surface area contributed by atoms with Gasteiger partial charge in [-0.05, 0) is 54.5 Å². The van der Waals surface area contributed by atoms with E-state index in [1.807, 2.05) is 20.8 Å². The van der Waals surface area contributed by atoms with Crippen LogP contribution in [0.25, 0.3) is 0 Å². The molecule has 1 aliphatic heterocycles. The molecule has 1 heterocycles. The Labute approximate surface area is 251 Å². The quantitative estimate of drug-likeness (QED) is 0.157. The number of epoxide rings is 1. The first-order valence-electron chi connectivity index (χ1n) is 15.6. The lowest BCUT2D eigenvalue weighted by Gasteiger charge is -2.61. The average molecular weight is 607 g/mol. The Morgan fingerprint density at radius 2 is 1.48 bits per heavy atom. The average Bonchev–Trinajstić information content (AvgIpc) is 3.68. The molecular weight excluding hydrogens is 556 g/mol. The Morgan fingerprint density at radius 1 is 0.929 bits per heavy atom. The summed E-state index contributed by atoms with van der Waals surface area (Å²) >= 11 is 0. The minimum Gasteiger partial charge on any atom is -0.462 e. The summed E-state index contributed by atoms with van der Waals surface area (Å²) < 4.78 is 32.1. The minimum absolute atomic E-state index is 0.0995. The van der Waals surface area contributed by atoms with Crippen molar-refractivity contribution in [1.29, 1.82) is 0 Å². The molecule has 10 heteroatoms. The second-order valence-electron chi connectivity index (χ2n) is 13.7. The zero-order chi connectivity index (χ0) is 31.4. The van der Waals surface area contributed by atoms with E-state index in [0.29, 0.717) is 30.6 Å². The van der Waals surface area contributed by atoms with Crippen LogP contribution < -0.4 is 0 Å². The number of hydrogen-bond donors (Lipinski definition) is 0. The molecule has 0 unspecified atom stereocenters. The van der Waals surface area contributed by atoms with Gasteiger partial charge in [0.2, 0.25) is 0 Å². The second kappa shape index (κ2) is 11.5. The van der Waals surface area contributed by atoms with Crippen LogP contribution in [0.1, 0.15) is 88.5 Å². The molecule has 0 N–H and O–H groups in total. The van der Waals surface area contributed by atoms with E-state index in [4.69, 9.17) is 23.4 Å². The van der Waals surface area contributed by atoms with Crippen LogP contribution in [-0.4, -0.2) is 68.6 Å². The van der Waals surface area contributed by atoms with Crippen LogP contribution in [0.5, 0.6) is 0 Å². The maximum Gasteiger partial charge on any atom is 0.303 e. The highest BCUT2D eigenvalue weighted by atomic mass is 28.4. The van der Waals surface area contributed by atoms with Crippen molar-refractivity contribution < 1.29 is 42.6 Å². The maximum atomic E-state index is 13.6. The summed E-state index contributed by atoms with van der Waals surface area (Å²) in [4.78, 5) is 51.9. The largest absolute Gasteiger partial charge is 0.462 e. The van der Waals surface area contributed by atoms with Gasteiger partial charge in [0, 0.05) is 44.4 Å². The summed E-state index contributed by atoms with van der Waals surface area (Å²) in [5.41, 5.74) is -1.24. The van der Waals surface area contributed by atoms with Crippen molar-refractivity contribution in [2.45, 2.75) is 137 Å². The monoisotopic (exact) mass is 606 g/mol. The number of esters is 3. The fourth-order valence-corrected chi connectivity index (χ4v) is 11.7. The van der Waals surface area contributed by atoms with Gasteiger partial charge < -0.3 is 23.4 Å². The summed E-state index contributed by atoms with van der Waals surface area (Å²) in [6, 6.07) is 2.93. The molecule has 42 heavy (non-hydrogen) atoms. The highest BCUT2D eigenvalue weighted by Gasteiger charge is 2.74. The summed E-state index contributed by atoms with van der Waals surface area (Å²) in [5.74, 6) is -2.49. The summed E-state index contributed by atoms with van der Waals surface area (Å²) in [6.07, 6.45) is -1.48. The fraction of sp³-hybridized carbons (Fsp3) is 0.812. The number of carbonyl (C=O) groups excluding carboxylic acids is 4. The lowest BCUT2D eigenvalue weighted by atomic mass is 9.48. The number of rotatable bonds is 8. The van der Waals surface area contributed by atoms with E-state index < -0.39 is 72.8 Å². The molecule has 3 fully saturated rings. The Morgan fingerprint density at radius 3 is 1.95 bits per heavy atom. The highest BCUT2D eigenvalue weighted by molar-refractivity contribution is 6.73. The van der Waals surface area contributed by atoms with Gasteiger partial charge in [-0.25, -0.2) is 0 Å². The summed E-state index contributed by atoms with van der Waals surface area (Å²) in [5, 5.41) is 0. The van der Waals surface area contributed by atoms with Gasteiger partial charge in [0.25, 0.3) is 0 Å². The normalized spacial score (nSPS) is 37.3. The molecule has 236 valence electrons. The minimum atomic E-state index is -2.07. The number of fused-ring (bicyclic) bond motifs is 4. The molecule has 2 bridgehead atoms. The zero-order valence-electron chi connectivity index (χ0n) is 27.1. The highest BCUT2D eigenvalue weighted by Crippen LogP contribution is 2.65. The van der Waals surface area contributed by atoms with Gasteiger partial charge in [-0.2, -0.15) is 0 Å². The van der Waals surface area contributed by atoms with E-state index >= 15 is 0 Å². The number of allylic oxidation sites excluding steroid dienone is 1. The third kappa shape index (κ3) is 5.29. The molecule has 1 saturated heterocycles. The number of carbonyl (C=O) groups is 4. The molecule has 2 saturated carbocycles. The molecular formula is C32H50O9Si. The topological polar surface area (TPSA) is 118 Å². The van der Waals surface area contributed by atoms with E-state index in [1.54, 1.807) is 6.92 Å². The number of Topliss-reactive ketones (excluding diaryl/α,β-unsaturated/α-hetero) is 1. The molecule has 0 aromatic heterocycles. The third-order valence-corrected chi connectivity index (χ3v) is 15.9. The van der Waals surface area contributed by atoms with Gasteiger partial charge in [-0.3, -0.25) is 19.2 Å². The van der Waals surface area contributed by atoms with Crippen LogP contribution in [-0.2, 0) is 42.6 Å². The Balaban J connectivity index is 2.01. The SMILES string of the molecule is CC[Si](CC)(CC)O[C@H]1CC[C@@]2(C)[C@@H](OC(C)=O)[C@H](OC(C)=O)C3=C(C)C(=O)C[C@@H]([C@@H](OC(C)=O)[C@@H]2[C@]12CO2)C3(C)C.